The summed E-state index contributed by atoms with van der Waals surface area (Å²) in [5.41, 5.74) is 1.70. The van der Waals surface area contributed by atoms with E-state index in [0.29, 0.717) is 16.5 Å². The van der Waals surface area contributed by atoms with E-state index in [-0.39, 0.29) is 17.9 Å². The molecule has 0 aliphatic heterocycles. The molecule has 1 N–H and O–H groups in total. The molecule has 0 saturated carbocycles. The Kier molecular flexibility index (Phi) is 3.81. The number of carbonyl (C=O) groups is 1. The van der Waals surface area contributed by atoms with E-state index in [4.69, 9.17) is 0 Å². The van der Waals surface area contributed by atoms with E-state index in [9.17, 15) is 9.59 Å². The molecular formula is C17H15NO3S. The van der Waals surface area contributed by atoms with E-state index < -0.39 is 0 Å². The number of hydrogen-bond donors (Lipinski definition) is 1. The molecule has 0 fully saturated rings. The van der Waals surface area contributed by atoms with Gasteiger partial charge < -0.3 is 10.1 Å². The van der Waals surface area contributed by atoms with Gasteiger partial charge in [-0.25, -0.2) is 0 Å². The van der Waals surface area contributed by atoms with E-state index in [1.165, 1.54) is 7.11 Å². The smallest absolute Gasteiger partial charge is 0.325 e. The predicted molar refractivity (Wildman–Crippen MR) is 90.8 cm³/mol. The zero-order chi connectivity index (χ0) is 15.7. The number of methoxy groups -OCH3 is 1. The number of hydrogen-bond acceptors (Lipinski definition) is 5. The Morgan fingerprint density at radius 2 is 2.00 bits per heavy atom. The number of rotatable bonds is 3. The third kappa shape index (κ3) is 2.44. The van der Waals surface area contributed by atoms with Crippen molar-refractivity contribution in [2.24, 2.45) is 0 Å². The first-order valence-corrected chi connectivity index (χ1v) is 7.69. The van der Waals surface area contributed by atoms with E-state index in [1.54, 1.807) is 11.3 Å². The SMILES string of the molecule is COC(=O)CNc1ccc(C)c2sc3ccccc3c(=O)c12. The maximum absolute atomic E-state index is 12.8. The summed E-state index contributed by atoms with van der Waals surface area (Å²) in [7, 11) is 1.34. The van der Waals surface area contributed by atoms with Crippen LogP contribution < -0.4 is 10.7 Å². The summed E-state index contributed by atoms with van der Waals surface area (Å²) in [6.45, 7) is 2.02. The van der Waals surface area contributed by atoms with Gasteiger partial charge >= 0.3 is 5.97 Å². The lowest BCUT2D eigenvalue weighted by Gasteiger charge is -2.11. The molecule has 3 aromatic rings. The van der Waals surface area contributed by atoms with Crippen molar-refractivity contribution in [2.75, 3.05) is 19.0 Å². The topological polar surface area (TPSA) is 55.4 Å². The van der Waals surface area contributed by atoms with Crippen molar-refractivity contribution in [3.63, 3.8) is 0 Å². The van der Waals surface area contributed by atoms with Gasteiger partial charge in [-0.15, -0.1) is 11.3 Å². The second-order valence-corrected chi connectivity index (χ2v) is 6.04. The van der Waals surface area contributed by atoms with Crippen LogP contribution in [-0.2, 0) is 9.53 Å². The Morgan fingerprint density at radius 1 is 1.23 bits per heavy atom. The van der Waals surface area contributed by atoms with Gasteiger partial charge in [-0.05, 0) is 30.7 Å². The van der Waals surface area contributed by atoms with Crippen molar-refractivity contribution in [1.29, 1.82) is 0 Å². The third-order valence-corrected chi connectivity index (χ3v) is 4.88. The van der Waals surface area contributed by atoms with Gasteiger partial charge in [0.1, 0.15) is 6.54 Å². The highest BCUT2D eigenvalue weighted by atomic mass is 32.1. The maximum Gasteiger partial charge on any atom is 0.325 e. The average Bonchev–Trinajstić information content (AvgIpc) is 2.54. The average molecular weight is 313 g/mol. The molecule has 0 radical (unpaired) electrons. The molecular weight excluding hydrogens is 298 g/mol. The number of esters is 1. The van der Waals surface area contributed by atoms with Crippen molar-refractivity contribution < 1.29 is 9.53 Å². The van der Waals surface area contributed by atoms with Crippen LogP contribution in [0.2, 0.25) is 0 Å². The van der Waals surface area contributed by atoms with Gasteiger partial charge in [0.05, 0.1) is 12.5 Å². The number of carbonyl (C=O) groups excluding carboxylic acids is 1. The zero-order valence-electron chi connectivity index (χ0n) is 12.3. The molecule has 1 aromatic heterocycles. The van der Waals surface area contributed by atoms with Crippen molar-refractivity contribution in [3.8, 4) is 0 Å². The third-order valence-electron chi connectivity index (χ3n) is 3.58. The molecule has 0 bridgehead atoms. The number of fused-ring (bicyclic) bond motifs is 2. The second kappa shape index (κ2) is 5.77. The molecule has 2 aromatic carbocycles. The van der Waals surface area contributed by atoms with E-state index >= 15 is 0 Å². The molecule has 3 rings (SSSR count). The maximum atomic E-state index is 12.8. The number of anilines is 1. The number of nitrogens with one attached hydrogen (secondary N) is 1. The Labute approximate surface area is 131 Å². The highest BCUT2D eigenvalue weighted by Crippen LogP contribution is 2.31. The molecule has 0 atom stereocenters. The van der Waals surface area contributed by atoms with Crippen molar-refractivity contribution in [3.05, 3.63) is 52.2 Å². The van der Waals surface area contributed by atoms with E-state index in [0.717, 1.165) is 15.0 Å². The first-order chi connectivity index (χ1) is 10.6. The first-order valence-electron chi connectivity index (χ1n) is 6.87. The number of aryl methyl sites for hydroxylation is 1. The minimum Gasteiger partial charge on any atom is -0.468 e. The molecule has 0 saturated heterocycles. The van der Waals surface area contributed by atoms with Gasteiger partial charge in [-0.3, -0.25) is 9.59 Å². The zero-order valence-corrected chi connectivity index (χ0v) is 13.1. The molecule has 5 heteroatoms. The Morgan fingerprint density at radius 3 is 2.77 bits per heavy atom. The summed E-state index contributed by atoms with van der Waals surface area (Å²) in [5.74, 6) is -0.370. The van der Waals surface area contributed by atoms with Gasteiger partial charge in [-0.2, -0.15) is 0 Å². The monoisotopic (exact) mass is 313 g/mol. The Hall–Kier alpha value is -2.40. The fourth-order valence-corrected chi connectivity index (χ4v) is 3.59. The van der Waals surface area contributed by atoms with Crippen molar-refractivity contribution in [2.45, 2.75) is 6.92 Å². The van der Waals surface area contributed by atoms with Crippen LogP contribution >= 0.6 is 11.3 Å². The molecule has 112 valence electrons. The lowest BCUT2D eigenvalue weighted by molar-refractivity contribution is -0.138. The van der Waals surface area contributed by atoms with Crippen LogP contribution in [0.4, 0.5) is 5.69 Å². The van der Waals surface area contributed by atoms with Gasteiger partial charge in [-0.1, -0.05) is 18.2 Å². The highest BCUT2D eigenvalue weighted by molar-refractivity contribution is 7.24. The fraction of sp³-hybridized carbons (Fsp3) is 0.176. The summed E-state index contributed by atoms with van der Waals surface area (Å²) < 4.78 is 6.54. The lowest BCUT2D eigenvalue weighted by Crippen LogP contribution is -2.16. The molecule has 0 amide bonds. The molecule has 4 nitrogen and oxygen atoms in total. The first kappa shape index (κ1) is 14.5. The second-order valence-electron chi connectivity index (χ2n) is 4.99. The molecule has 0 unspecified atom stereocenters. The van der Waals surface area contributed by atoms with Crippen LogP contribution in [0.5, 0.6) is 0 Å². The molecule has 1 heterocycles. The quantitative estimate of drug-likeness (QED) is 0.595. The Balaban J connectivity index is 2.26. The van der Waals surface area contributed by atoms with Crippen LogP contribution in [0.15, 0.2) is 41.2 Å². The number of ether oxygens (including phenoxy) is 1. The minimum atomic E-state index is -0.370. The standard InChI is InChI=1S/C17H15NO3S/c1-10-7-8-12(18-9-14(19)21-2)15-16(20)11-5-3-4-6-13(11)22-17(10)15/h3-8,18H,9H2,1-2H3. The van der Waals surface area contributed by atoms with Crippen LogP contribution in [0, 0.1) is 6.92 Å². The summed E-state index contributed by atoms with van der Waals surface area (Å²) in [5, 5.41) is 4.34. The largest absolute Gasteiger partial charge is 0.468 e. The molecule has 0 aliphatic rings. The normalized spacial score (nSPS) is 10.8. The van der Waals surface area contributed by atoms with Crippen LogP contribution in [0.25, 0.3) is 20.2 Å². The molecule has 22 heavy (non-hydrogen) atoms. The molecule has 0 spiro atoms. The minimum absolute atomic E-state index is 0.0135. The van der Waals surface area contributed by atoms with Crippen LogP contribution in [0.3, 0.4) is 0 Å². The van der Waals surface area contributed by atoms with Gasteiger partial charge in [0, 0.05) is 20.5 Å². The van der Waals surface area contributed by atoms with Crippen molar-refractivity contribution >= 4 is 43.2 Å². The van der Waals surface area contributed by atoms with Gasteiger partial charge in [0.25, 0.3) is 0 Å². The summed E-state index contributed by atoms with van der Waals surface area (Å²) in [4.78, 5) is 24.2. The lowest BCUT2D eigenvalue weighted by atomic mass is 10.1. The van der Waals surface area contributed by atoms with Gasteiger partial charge in [0.2, 0.25) is 0 Å². The van der Waals surface area contributed by atoms with Gasteiger partial charge in [0.15, 0.2) is 5.43 Å². The summed E-state index contributed by atoms with van der Waals surface area (Å²) in [6.07, 6.45) is 0. The highest BCUT2D eigenvalue weighted by Gasteiger charge is 2.12. The summed E-state index contributed by atoms with van der Waals surface area (Å²) in [6, 6.07) is 11.4. The fourth-order valence-electron chi connectivity index (χ4n) is 2.42. The molecule has 0 aliphatic carbocycles. The summed E-state index contributed by atoms with van der Waals surface area (Å²) >= 11 is 1.59. The Bertz CT molecular complexity index is 930. The van der Waals surface area contributed by atoms with Crippen LogP contribution in [-0.4, -0.2) is 19.6 Å². The van der Waals surface area contributed by atoms with E-state index in [1.807, 2.05) is 43.3 Å². The van der Waals surface area contributed by atoms with E-state index in [2.05, 4.69) is 10.1 Å². The van der Waals surface area contributed by atoms with Crippen LogP contribution in [0.1, 0.15) is 5.56 Å². The van der Waals surface area contributed by atoms with Crippen molar-refractivity contribution in [1.82, 2.24) is 0 Å². The predicted octanol–water partition coefficient (Wildman–Crippen LogP) is 3.31. The number of benzene rings is 2.